The highest BCUT2D eigenvalue weighted by Gasteiger charge is 2.24. The second kappa shape index (κ2) is 6.07. The third kappa shape index (κ3) is 3.68. The highest BCUT2D eigenvalue weighted by atomic mass is 35.5. The zero-order valence-electron chi connectivity index (χ0n) is 11.1. The number of hydrogen-bond donors (Lipinski definition) is 0. The minimum Gasteiger partial charge on any atom is -0.337 e. The fourth-order valence-corrected chi connectivity index (χ4v) is 3.10. The van der Waals surface area contributed by atoms with Gasteiger partial charge >= 0.3 is 0 Å². The van der Waals surface area contributed by atoms with E-state index in [1.165, 1.54) is 16.8 Å². The van der Waals surface area contributed by atoms with Crippen molar-refractivity contribution in [3.8, 4) is 0 Å². The number of carbonyl (C=O) groups is 1. The largest absolute Gasteiger partial charge is 0.337 e. The number of hydrogen-bond acceptors (Lipinski definition) is 4. The SMILES string of the molecule is CS(=O)(=O)N1CCCN(C(=O)c2ccc(Cl)nc2)CC1. The van der Waals surface area contributed by atoms with Crippen molar-refractivity contribution in [1.82, 2.24) is 14.2 Å². The van der Waals surface area contributed by atoms with Crippen molar-refractivity contribution in [2.75, 3.05) is 32.4 Å². The van der Waals surface area contributed by atoms with Gasteiger partial charge in [-0.05, 0) is 18.6 Å². The summed E-state index contributed by atoms with van der Waals surface area (Å²) in [5.74, 6) is -0.149. The summed E-state index contributed by atoms with van der Waals surface area (Å²) in [5.41, 5.74) is 0.460. The van der Waals surface area contributed by atoms with Crippen molar-refractivity contribution in [2.45, 2.75) is 6.42 Å². The lowest BCUT2D eigenvalue weighted by Crippen LogP contribution is -2.37. The highest BCUT2D eigenvalue weighted by molar-refractivity contribution is 7.88. The Balaban J connectivity index is 2.07. The summed E-state index contributed by atoms with van der Waals surface area (Å²) in [6.45, 7) is 1.69. The fourth-order valence-electron chi connectivity index (χ4n) is 2.11. The lowest BCUT2D eigenvalue weighted by Gasteiger charge is -2.21. The molecule has 0 saturated carbocycles. The van der Waals surface area contributed by atoms with Crippen LogP contribution in [0.25, 0.3) is 0 Å². The van der Waals surface area contributed by atoms with Crippen LogP contribution in [0.4, 0.5) is 0 Å². The van der Waals surface area contributed by atoms with Crippen molar-refractivity contribution in [2.24, 2.45) is 0 Å². The van der Waals surface area contributed by atoms with Crippen LogP contribution >= 0.6 is 11.6 Å². The molecule has 0 radical (unpaired) electrons. The summed E-state index contributed by atoms with van der Waals surface area (Å²) >= 11 is 5.69. The van der Waals surface area contributed by atoms with Crippen molar-refractivity contribution in [3.63, 3.8) is 0 Å². The molecule has 6 nitrogen and oxygen atoms in total. The summed E-state index contributed by atoms with van der Waals surface area (Å²) in [5, 5.41) is 0.334. The van der Waals surface area contributed by atoms with Crippen molar-refractivity contribution in [1.29, 1.82) is 0 Å². The van der Waals surface area contributed by atoms with Crippen LogP contribution in [0.15, 0.2) is 18.3 Å². The van der Waals surface area contributed by atoms with Gasteiger partial charge in [0.15, 0.2) is 0 Å². The number of pyridine rings is 1. The third-order valence-electron chi connectivity index (χ3n) is 3.19. The number of amides is 1. The first-order chi connectivity index (χ1) is 9.38. The molecule has 1 aromatic rings. The summed E-state index contributed by atoms with van der Waals surface area (Å²) in [6.07, 6.45) is 3.25. The quantitative estimate of drug-likeness (QED) is 0.758. The van der Waals surface area contributed by atoms with E-state index in [1.54, 1.807) is 17.0 Å². The van der Waals surface area contributed by atoms with Gasteiger partial charge in [-0.3, -0.25) is 4.79 Å². The maximum absolute atomic E-state index is 12.3. The van der Waals surface area contributed by atoms with E-state index < -0.39 is 10.0 Å². The molecule has 20 heavy (non-hydrogen) atoms. The predicted octanol–water partition coefficient (Wildman–Crippen LogP) is 0.843. The number of carbonyl (C=O) groups excluding carboxylic acids is 1. The zero-order valence-corrected chi connectivity index (χ0v) is 12.7. The van der Waals surface area contributed by atoms with Crippen LogP contribution in [-0.4, -0.2) is 60.9 Å². The van der Waals surface area contributed by atoms with Gasteiger partial charge in [0.05, 0.1) is 11.8 Å². The number of aromatic nitrogens is 1. The molecule has 2 rings (SSSR count). The molecule has 1 saturated heterocycles. The third-order valence-corrected chi connectivity index (χ3v) is 4.71. The Kier molecular flexibility index (Phi) is 4.62. The molecule has 8 heteroatoms. The van der Waals surface area contributed by atoms with Crippen molar-refractivity contribution >= 4 is 27.5 Å². The Hall–Kier alpha value is -1.18. The fraction of sp³-hybridized carbons (Fsp3) is 0.500. The van der Waals surface area contributed by atoms with E-state index in [4.69, 9.17) is 11.6 Å². The molecular formula is C12H16ClN3O3S. The Labute approximate surface area is 123 Å². The van der Waals surface area contributed by atoms with Crippen LogP contribution in [0.5, 0.6) is 0 Å². The van der Waals surface area contributed by atoms with Gasteiger partial charge in [-0.1, -0.05) is 11.6 Å². The van der Waals surface area contributed by atoms with E-state index in [2.05, 4.69) is 4.98 Å². The minimum atomic E-state index is -3.20. The van der Waals surface area contributed by atoms with Crippen molar-refractivity contribution in [3.05, 3.63) is 29.0 Å². The normalized spacial score (nSPS) is 17.8. The van der Waals surface area contributed by atoms with Crippen LogP contribution in [0.2, 0.25) is 5.15 Å². The van der Waals surface area contributed by atoms with Crippen LogP contribution in [0.1, 0.15) is 16.8 Å². The van der Waals surface area contributed by atoms with Gasteiger partial charge in [0.25, 0.3) is 5.91 Å². The van der Waals surface area contributed by atoms with E-state index in [0.717, 1.165) is 0 Å². The van der Waals surface area contributed by atoms with E-state index in [9.17, 15) is 13.2 Å². The first-order valence-corrected chi connectivity index (χ1v) is 8.46. The average Bonchev–Trinajstić information content (AvgIpc) is 2.64. The predicted molar refractivity (Wildman–Crippen MR) is 76.2 cm³/mol. The van der Waals surface area contributed by atoms with Gasteiger partial charge in [-0.25, -0.2) is 17.7 Å². The lowest BCUT2D eigenvalue weighted by atomic mass is 10.2. The second-order valence-corrected chi connectivity index (χ2v) is 7.05. The maximum Gasteiger partial charge on any atom is 0.255 e. The van der Waals surface area contributed by atoms with Gasteiger partial charge < -0.3 is 4.90 Å². The first-order valence-electron chi connectivity index (χ1n) is 6.24. The Morgan fingerprint density at radius 2 is 2.00 bits per heavy atom. The van der Waals surface area contributed by atoms with Crippen molar-refractivity contribution < 1.29 is 13.2 Å². The molecule has 0 aliphatic carbocycles. The molecule has 0 N–H and O–H groups in total. The number of rotatable bonds is 2. The molecule has 1 amide bonds. The molecule has 1 aliphatic rings. The van der Waals surface area contributed by atoms with Crippen LogP contribution in [-0.2, 0) is 10.0 Å². The highest BCUT2D eigenvalue weighted by Crippen LogP contribution is 2.12. The van der Waals surface area contributed by atoms with Gasteiger partial charge in [-0.2, -0.15) is 0 Å². The molecule has 110 valence electrons. The number of nitrogens with zero attached hydrogens (tertiary/aromatic N) is 3. The molecule has 0 atom stereocenters. The Bertz CT molecular complexity index is 588. The molecular weight excluding hydrogens is 302 g/mol. The van der Waals surface area contributed by atoms with E-state index in [0.29, 0.717) is 43.3 Å². The molecule has 2 heterocycles. The van der Waals surface area contributed by atoms with Crippen LogP contribution in [0, 0.1) is 0 Å². The second-order valence-electron chi connectivity index (χ2n) is 4.68. The molecule has 1 aromatic heterocycles. The monoisotopic (exact) mass is 317 g/mol. The Morgan fingerprint density at radius 3 is 2.60 bits per heavy atom. The molecule has 1 fully saturated rings. The molecule has 0 bridgehead atoms. The molecule has 0 spiro atoms. The van der Waals surface area contributed by atoms with Crippen LogP contribution in [0.3, 0.4) is 0 Å². The summed E-state index contributed by atoms with van der Waals surface area (Å²) < 4.78 is 24.4. The number of sulfonamides is 1. The van der Waals surface area contributed by atoms with E-state index in [-0.39, 0.29) is 5.91 Å². The lowest BCUT2D eigenvalue weighted by molar-refractivity contribution is 0.0764. The Morgan fingerprint density at radius 1 is 1.25 bits per heavy atom. The van der Waals surface area contributed by atoms with E-state index in [1.807, 2.05) is 0 Å². The first kappa shape index (κ1) is 15.2. The molecule has 1 aliphatic heterocycles. The minimum absolute atomic E-state index is 0.149. The maximum atomic E-state index is 12.3. The summed E-state index contributed by atoms with van der Waals surface area (Å²) in [4.78, 5) is 17.8. The topological polar surface area (TPSA) is 70.6 Å². The molecule has 0 aromatic carbocycles. The summed E-state index contributed by atoms with van der Waals surface area (Å²) in [7, 11) is -3.20. The van der Waals surface area contributed by atoms with Gasteiger partial charge in [0.2, 0.25) is 10.0 Å². The van der Waals surface area contributed by atoms with Crippen LogP contribution < -0.4 is 0 Å². The van der Waals surface area contributed by atoms with Gasteiger partial charge in [-0.15, -0.1) is 0 Å². The summed E-state index contributed by atoms with van der Waals surface area (Å²) in [6, 6.07) is 3.19. The van der Waals surface area contributed by atoms with E-state index >= 15 is 0 Å². The average molecular weight is 318 g/mol. The van der Waals surface area contributed by atoms with Gasteiger partial charge in [0, 0.05) is 32.4 Å². The molecule has 0 unspecified atom stereocenters. The van der Waals surface area contributed by atoms with Gasteiger partial charge in [0.1, 0.15) is 5.15 Å². The standard InChI is InChI=1S/C12H16ClN3O3S/c1-20(18,19)16-6-2-5-15(7-8-16)12(17)10-3-4-11(13)14-9-10/h3-4,9H,2,5-8H2,1H3. The zero-order chi connectivity index (χ0) is 14.8. The number of halogens is 1. The smallest absolute Gasteiger partial charge is 0.255 e.